The van der Waals surface area contributed by atoms with Gasteiger partial charge in [0.05, 0.1) is 12.0 Å². The van der Waals surface area contributed by atoms with E-state index in [0.717, 1.165) is 12.8 Å². The van der Waals surface area contributed by atoms with E-state index in [1.807, 2.05) is 12.1 Å². The van der Waals surface area contributed by atoms with Crippen molar-refractivity contribution in [2.45, 2.75) is 26.2 Å². The third kappa shape index (κ3) is 3.48. The van der Waals surface area contributed by atoms with Gasteiger partial charge in [-0.3, -0.25) is 4.79 Å². The summed E-state index contributed by atoms with van der Waals surface area (Å²) in [5.41, 5.74) is 3.46. The van der Waals surface area contributed by atoms with Gasteiger partial charge in [-0.1, -0.05) is 49.4 Å². The molecule has 2 aromatic rings. The predicted octanol–water partition coefficient (Wildman–Crippen LogP) is 2.85. The van der Waals surface area contributed by atoms with Crippen molar-refractivity contribution >= 4 is 11.9 Å². The van der Waals surface area contributed by atoms with E-state index in [9.17, 15) is 14.7 Å². The largest absolute Gasteiger partial charge is 0.478 e. The van der Waals surface area contributed by atoms with Gasteiger partial charge >= 0.3 is 5.97 Å². The van der Waals surface area contributed by atoms with Crippen LogP contribution in [-0.2, 0) is 24.1 Å². The summed E-state index contributed by atoms with van der Waals surface area (Å²) >= 11 is 0. The number of carboxylic acids is 1. The minimum atomic E-state index is -1.00. The molecule has 0 radical (unpaired) electrons. The lowest BCUT2D eigenvalue weighted by Crippen LogP contribution is -2.37. The van der Waals surface area contributed by atoms with Crippen LogP contribution < -0.4 is 5.32 Å². The Morgan fingerprint density at radius 2 is 1.62 bits per heavy atom. The van der Waals surface area contributed by atoms with Crippen LogP contribution in [0.1, 0.15) is 34.0 Å². The molecule has 124 valence electrons. The van der Waals surface area contributed by atoms with Crippen molar-refractivity contribution in [2.24, 2.45) is 5.41 Å². The number of carbonyl (C=O) groups is 2. The van der Waals surface area contributed by atoms with Crippen LogP contribution in [0.25, 0.3) is 0 Å². The van der Waals surface area contributed by atoms with Crippen molar-refractivity contribution in [3.8, 4) is 0 Å². The molecule has 4 nitrogen and oxygen atoms in total. The van der Waals surface area contributed by atoms with Gasteiger partial charge in [0, 0.05) is 6.54 Å². The number of hydrogen-bond donors (Lipinski definition) is 2. The Morgan fingerprint density at radius 3 is 2.25 bits per heavy atom. The number of aromatic carboxylic acids is 1. The predicted molar refractivity (Wildman–Crippen MR) is 92.1 cm³/mol. The highest BCUT2D eigenvalue weighted by atomic mass is 16.4. The maximum Gasteiger partial charge on any atom is 0.335 e. The first-order chi connectivity index (χ1) is 11.5. The van der Waals surface area contributed by atoms with E-state index in [4.69, 9.17) is 0 Å². The molecule has 0 spiro atoms. The molecule has 0 aliphatic heterocycles. The number of carbonyl (C=O) groups excluding carboxylic acids is 1. The zero-order chi connectivity index (χ0) is 17.2. The highest BCUT2D eigenvalue weighted by molar-refractivity contribution is 5.91. The topological polar surface area (TPSA) is 66.4 Å². The molecular formula is C20H21NO3. The fourth-order valence-corrected chi connectivity index (χ4v) is 3.44. The second-order valence-corrected chi connectivity index (χ2v) is 6.85. The Balaban J connectivity index is 1.60. The zero-order valence-electron chi connectivity index (χ0n) is 13.7. The first-order valence-electron chi connectivity index (χ1n) is 8.11. The molecule has 2 N–H and O–H groups in total. The van der Waals surface area contributed by atoms with Gasteiger partial charge in [-0.05, 0) is 41.0 Å². The SMILES string of the molecule is CC1(CNC(=O)Cc2ccccc2C(=O)O)Cc2ccccc2C1. The Hall–Kier alpha value is -2.62. The van der Waals surface area contributed by atoms with E-state index in [1.165, 1.54) is 17.2 Å². The van der Waals surface area contributed by atoms with Gasteiger partial charge in [0.25, 0.3) is 0 Å². The summed E-state index contributed by atoms with van der Waals surface area (Å²) in [5.74, 6) is -1.14. The molecule has 0 saturated carbocycles. The lowest BCUT2D eigenvalue weighted by atomic mass is 9.87. The average molecular weight is 323 g/mol. The van der Waals surface area contributed by atoms with E-state index < -0.39 is 5.97 Å². The number of carboxylic acid groups (broad SMARTS) is 1. The number of benzene rings is 2. The van der Waals surface area contributed by atoms with Crippen LogP contribution in [0.3, 0.4) is 0 Å². The normalized spacial score (nSPS) is 14.9. The minimum absolute atomic E-state index is 0.0195. The minimum Gasteiger partial charge on any atom is -0.478 e. The van der Waals surface area contributed by atoms with Crippen LogP contribution in [0.15, 0.2) is 48.5 Å². The van der Waals surface area contributed by atoms with E-state index >= 15 is 0 Å². The molecule has 0 aromatic heterocycles. The summed E-state index contributed by atoms with van der Waals surface area (Å²) in [6, 6.07) is 15.0. The lowest BCUT2D eigenvalue weighted by molar-refractivity contribution is -0.120. The lowest BCUT2D eigenvalue weighted by Gasteiger charge is -2.24. The fourth-order valence-electron chi connectivity index (χ4n) is 3.44. The molecule has 2 aromatic carbocycles. The quantitative estimate of drug-likeness (QED) is 0.889. The van der Waals surface area contributed by atoms with E-state index in [-0.39, 0.29) is 23.3 Å². The van der Waals surface area contributed by atoms with Crippen LogP contribution in [0.4, 0.5) is 0 Å². The van der Waals surface area contributed by atoms with Crippen LogP contribution in [0.2, 0.25) is 0 Å². The van der Waals surface area contributed by atoms with Crippen molar-refractivity contribution in [1.29, 1.82) is 0 Å². The molecule has 0 bridgehead atoms. The summed E-state index contributed by atoms with van der Waals surface area (Å²) in [4.78, 5) is 23.5. The van der Waals surface area contributed by atoms with Gasteiger partial charge < -0.3 is 10.4 Å². The number of fused-ring (bicyclic) bond motifs is 1. The van der Waals surface area contributed by atoms with Crippen LogP contribution in [-0.4, -0.2) is 23.5 Å². The Morgan fingerprint density at radius 1 is 1.04 bits per heavy atom. The standard InChI is InChI=1S/C20H21NO3/c1-20(11-15-7-2-3-8-16(15)12-20)13-21-18(22)10-14-6-4-5-9-17(14)19(23)24/h2-9H,10-13H2,1H3,(H,21,22)(H,23,24). The molecule has 0 unspecified atom stereocenters. The van der Waals surface area contributed by atoms with Crippen molar-refractivity contribution < 1.29 is 14.7 Å². The number of amides is 1. The first kappa shape index (κ1) is 16.2. The van der Waals surface area contributed by atoms with Gasteiger partial charge in [0.15, 0.2) is 0 Å². The molecule has 0 fully saturated rings. The Kier molecular flexibility index (Phi) is 4.38. The monoisotopic (exact) mass is 323 g/mol. The highest BCUT2D eigenvalue weighted by Gasteiger charge is 2.32. The van der Waals surface area contributed by atoms with Gasteiger partial charge in [-0.2, -0.15) is 0 Å². The van der Waals surface area contributed by atoms with Crippen molar-refractivity contribution in [2.75, 3.05) is 6.54 Å². The Bertz CT molecular complexity index is 757. The highest BCUT2D eigenvalue weighted by Crippen LogP contribution is 2.35. The molecule has 1 aliphatic rings. The van der Waals surface area contributed by atoms with Gasteiger partial charge in [0.2, 0.25) is 5.91 Å². The third-order valence-corrected chi connectivity index (χ3v) is 4.66. The van der Waals surface area contributed by atoms with Gasteiger partial charge in [-0.25, -0.2) is 4.79 Å². The summed E-state index contributed by atoms with van der Waals surface area (Å²) < 4.78 is 0. The molecule has 24 heavy (non-hydrogen) atoms. The average Bonchev–Trinajstić information content (AvgIpc) is 2.90. The van der Waals surface area contributed by atoms with Crippen LogP contribution in [0.5, 0.6) is 0 Å². The van der Waals surface area contributed by atoms with Crippen molar-refractivity contribution in [3.63, 3.8) is 0 Å². The molecule has 1 amide bonds. The van der Waals surface area contributed by atoms with Crippen molar-refractivity contribution in [3.05, 3.63) is 70.8 Å². The van der Waals surface area contributed by atoms with E-state index in [2.05, 4.69) is 24.4 Å². The zero-order valence-corrected chi connectivity index (χ0v) is 13.7. The second kappa shape index (κ2) is 6.48. The van der Waals surface area contributed by atoms with Crippen molar-refractivity contribution in [1.82, 2.24) is 5.32 Å². The molecule has 0 saturated heterocycles. The number of nitrogens with one attached hydrogen (secondary N) is 1. The number of hydrogen-bond acceptors (Lipinski definition) is 2. The molecule has 0 atom stereocenters. The number of rotatable bonds is 5. The first-order valence-corrected chi connectivity index (χ1v) is 8.11. The smallest absolute Gasteiger partial charge is 0.335 e. The van der Waals surface area contributed by atoms with Gasteiger partial charge in [-0.15, -0.1) is 0 Å². The molecule has 3 rings (SSSR count). The molecule has 1 aliphatic carbocycles. The maximum atomic E-state index is 12.3. The molecular weight excluding hydrogens is 302 g/mol. The second-order valence-electron chi connectivity index (χ2n) is 6.85. The van der Waals surface area contributed by atoms with Crippen LogP contribution in [0, 0.1) is 5.41 Å². The molecule has 0 heterocycles. The van der Waals surface area contributed by atoms with E-state index in [0.29, 0.717) is 12.1 Å². The summed E-state index contributed by atoms with van der Waals surface area (Å²) in [6.07, 6.45) is 2.00. The van der Waals surface area contributed by atoms with Gasteiger partial charge in [0.1, 0.15) is 0 Å². The van der Waals surface area contributed by atoms with E-state index in [1.54, 1.807) is 18.2 Å². The summed E-state index contributed by atoms with van der Waals surface area (Å²) in [6.45, 7) is 2.77. The Labute approximate surface area is 141 Å². The summed E-state index contributed by atoms with van der Waals surface area (Å²) in [5, 5.41) is 12.2. The third-order valence-electron chi connectivity index (χ3n) is 4.66. The molecule has 4 heteroatoms. The maximum absolute atomic E-state index is 12.3. The van der Waals surface area contributed by atoms with Crippen LogP contribution >= 0.6 is 0 Å². The summed E-state index contributed by atoms with van der Waals surface area (Å²) in [7, 11) is 0. The fraction of sp³-hybridized carbons (Fsp3) is 0.300.